The third-order valence-corrected chi connectivity index (χ3v) is 2.25. The van der Waals surface area contributed by atoms with Gasteiger partial charge in [-0.1, -0.05) is 51.1 Å². The second kappa shape index (κ2) is 3.82. The Morgan fingerprint density at radius 3 is 2.07 bits per heavy atom. The maximum absolute atomic E-state index is 11.1. The SMILES string of the molecule is CC(C)(C)[C@H](C(=O)O)c1ccccc1. The van der Waals surface area contributed by atoms with E-state index < -0.39 is 11.9 Å². The summed E-state index contributed by atoms with van der Waals surface area (Å²) >= 11 is 0. The van der Waals surface area contributed by atoms with Crippen molar-refractivity contribution in [3.63, 3.8) is 0 Å². The van der Waals surface area contributed by atoms with Crippen LogP contribution in [-0.4, -0.2) is 11.1 Å². The Labute approximate surface area is 84.6 Å². The molecule has 1 rings (SSSR count). The summed E-state index contributed by atoms with van der Waals surface area (Å²) in [6.45, 7) is 5.83. The highest BCUT2D eigenvalue weighted by Gasteiger charge is 2.32. The van der Waals surface area contributed by atoms with Gasteiger partial charge in [0.1, 0.15) is 0 Å². The van der Waals surface area contributed by atoms with Crippen LogP contribution in [0.25, 0.3) is 0 Å². The van der Waals surface area contributed by atoms with E-state index >= 15 is 0 Å². The van der Waals surface area contributed by atoms with Gasteiger partial charge < -0.3 is 5.11 Å². The molecule has 0 aliphatic carbocycles. The number of hydrogen-bond donors (Lipinski definition) is 1. The molecule has 14 heavy (non-hydrogen) atoms. The van der Waals surface area contributed by atoms with Crippen molar-refractivity contribution in [2.45, 2.75) is 26.7 Å². The lowest BCUT2D eigenvalue weighted by Gasteiger charge is -2.27. The molecule has 76 valence electrons. The molecule has 0 saturated carbocycles. The molecule has 0 aliphatic heterocycles. The van der Waals surface area contributed by atoms with Gasteiger partial charge in [-0.05, 0) is 11.0 Å². The first-order valence-corrected chi connectivity index (χ1v) is 4.70. The molecular weight excluding hydrogens is 176 g/mol. The third-order valence-electron chi connectivity index (χ3n) is 2.25. The summed E-state index contributed by atoms with van der Waals surface area (Å²) in [5, 5.41) is 9.16. The van der Waals surface area contributed by atoms with E-state index in [9.17, 15) is 4.79 Å². The van der Waals surface area contributed by atoms with E-state index in [0.29, 0.717) is 0 Å². The Bertz CT molecular complexity index is 309. The number of carboxylic acids is 1. The molecule has 0 bridgehead atoms. The zero-order chi connectivity index (χ0) is 10.8. The molecular formula is C12H16O2. The highest BCUT2D eigenvalue weighted by Crippen LogP contribution is 2.34. The molecule has 0 unspecified atom stereocenters. The maximum atomic E-state index is 11.1. The molecule has 0 fully saturated rings. The number of carboxylic acid groups (broad SMARTS) is 1. The minimum atomic E-state index is -0.760. The van der Waals surface area contributed by atoms with E-state index in [4.69, 9.17) is 5.11 Å². The number of aliphatic carboxylic acids is 1. The first-order chi connectivity index (χ1) is 6.43. The monoisotopic (exact) mass is 192 g/mol. The summed E-state index contributed by atoms with van der Waals surface area (Å²) in [6.07, 6.45) is 0. The zero-order valence-corrected chi connectivity index (χ0v) is 8.82. The summed E-state index contributed by atoms with van der Waals surface area (Å²) in [5.41, 5.74) is 0.611. The molecule has 1 atom stereocenters. The standard InChI is InChI=1S/C12H16O2/c1-12(2,3)10(11(13)14)9-7-5-4-6-8-9/h4-8,10H,1-3H3,(H,13,14)/t10-/m0/s1. The molecule has 1 aromatic carbocycles. The van der Waals surface area contributed by atoms with Gasteiger partial charge in [-0.2, -0.15) is 0 Å². The number of carbonyl (C=O) groups is 1. The summed E-state index contributed by atoms with van der Waals surface area (Å²) in [4.78, 5) is 11.1. The molecule has 2 nitrogen and oxygen atoms in total. The largest absolute Gasteiger partial charge is 0.481 e. The predicted molar refractivity (Wildman–Crippen MR) is 56.3 cm³/mol. The normalized spacial score (nSPS) is 13.6. The summed E-state index contributed by atoms with van der Waals surface area (Å²) in [6, 6.07) is 9.37. The van der Waals surface area contributed by atoms with Crippen molar-refractivity contribution in [2.75, 3.05) is 0 Å². The number of hydrogen-bond acceptors (Lipinski definition) is 1. The van der Waals surface area contributed by atoms with Gasteiger partial charge in [0.2, 0.25) is 0 Å². The van der Waals surface area contributed by atoms with Gasteiger partial charge in [-0.15, -0.1) is 0 Å². The lowest BCUT2D eigenvalue weighted by molar-refractivity contribution is -0.141. The number of benzene rings is 1. The quantitative estimate of drug-likeness (QED) is 0.782. The fraction of sp³-hybridized carbons (Fsp3) is 0.417. The Kier molecular flexibility index (Phi) is 2.94. The Morgan fingerprint density at radius 2 is 1.71 bits per heavy atom. The summed E-state index contributed by atoms with van der Waals surface area (Å²) in [5.74, 6) is -1.20. The molecule has 2 heteroatoms. The average Bonchev–Trinajstić information content (AvgIpc) is 2.02. The van der Waals surface area contributed by atoms with E-state index in [1.807, 2.05) is 51.1 Å². The van der Waals surface area contributed by atoms with Crippen molar-refractivity contribution in [1.29, 1.82) is 0 Å². The second-order valence-electron chi connectivity index (χ2n) is 4.55. The maximum Gasteiger partial charge on any atom is 0.311 e. The molecule has 1 aromatic rings. The molecule has 0 amide bonds. The third kappa shape index (κ3) is 2.34. The fourth-order valence-corrected chi connectivity index (χ4v) is 1.66. The van der Waals surface area contributed by atoms with Crippen LogP contribution in [0.4, 0.5) is 0 Å². The highest BCUT2D eigenvalue weighted by atomic mass is 16.4. The lowest BCUT2D eigenvalue weighted by Crippen LogP contribution is -2.26. The van der Waals surface area contributed by atoms with Gasteiger partial charge >= 0.3 is 5.97 Å². The van der Waals surface area contributed by atoms with Gasteiger partial charge in [0.25, 0.3) is 0 Å². The van der Waals surface area contributed by atoms with Crippen LogP contribution in [0.2, 0.25) is 0 Å². The molecule has 0 aliphatic rings. The molecule has 0 saturated heterocycles. The molecule has 1 N–H and O–H groups in total. The molecule has 0 radical (unpaired) electrons. The molecule has 0 heterocycles. The minimum absolute atomic E-state index is 0.257. The van der Waals surface area contributed by atoms with Crippen molar-refractivity contribution < 1.29 is 9.90 Å². The van der Waals surface area contributed by atoms with E-state index in [0.717, 1.165) is 5.56 Å². The minimum Gasteiger partial charge on any atom is -0.481 e. The van der Waals surface area contributed by atoms with Crippen molar-refractivity contribution in [1.82, 2.24) is 0 Å². The predicted octanol–water partition coefficient (Wildman–Crippen LogP) is 2.90. The van der Waals surface area contributed by atoms with Crippen LogP contribution in [-0.2, 0) is 4.79 Å². The van der Waals surface area contributed by atoms with Crippen LogP contribution in [0.3, 0.4) is 0 Å². The van der Waals surface area contributed by atoms with E-state index in [2.05, 4.69) is 0 Å². The van der Waals surface area contributed by atoms with Crippen LogP contribution in [0.15, 0.2) is 30.3 Å². The van der Waals surface area contributed by atoms with Gasteiger partial charge in [-0.25, -0.2) is 0 Å². The van der Waals surface area contributed by atoms with Gasteiger partial charge in [-0.3, -0.25) is 4.79 Å². The van der Waals surface area contributed by atoms with E-state index in [1.54, 1.807) is 0 Å². The first kappa shape index (κ1) is 10.8. The van der Waals surface area contributed by atoms with Crippen LogP contribution in [0.1, 0.15) is 32.3 Å². The van der Waals surface area contributed by atoms with Crippen LogP contribution in [0.5, 0.6) is 0 Å². The van der Waals surface area contributed by atoms with E-state index in [1.165, 1.54) is 0 Å². The van der Waals surface area contributed by atoms with E-state index in [-0.39, 0.29) is 5.41 Å². The Balaban J connectivity index is 3.08. The number of rotatable bonds is 2. The fourth-order valence-electron chi connectivity index (χ4n) is 1.66. The van der Waals surface area contributed by atoms with Crippen molar-refractivity contribution in [2.24, 2.45) is 5.41 Å². The van der Waals surface area contributed by atoms with Crippen molar-refractivity contribution in [3.8, 4) is 0 Å². The van der Waals surface area contributed by atoms with Gasteiger partial charge in [0.15, 0.2) is 0 Å². The lowest BCUT2D eigenvalue weighted by atomic mass is 9.76. The Hall–Kier alpha value is -1.31. The van der Waals surface area contributed by atoms with Crippen LogP contribution < -0.4 is 0 Å². The Morgan fingerprint density at radius 1 is 1.21 bits per heavy atom. The second-order valence-corrected chi connectivity index (χ2v) is 4.55. The highest BCUT2D eigenvalue weighted by molar-refractivity contribution is 5.77. The van der Waals surface area contributed by atoms with Crippen molar-refractivity contribution >= 4 is 5.97 Å². The molecule has 0 spiro atoms. The zero-order valence-electron chi connectivity index (χ0n) is 8.82. The van der Waals surface area contributed by atoms with Gasteiger partial charge in [0, 0.05) is 0 Å². The summed E-state index contributed by atoms with van der Waals surface area (Å²) in [7, 11) is 0. The topological polar surface area (TPSA) is 37.3 Å². The molecule has 0 aromatic heterocycles. The summed E-state index contributed by atoms with van der Waals surface area (Å²) < 4.78 is 0. The average molecular weight is 192 g/mol. The van der Waals surface area contributed by atoms with Crippen LogP contribution >= 0.6 is 0 Å². The first-order valence-electron chi connectivity index (χ1n) is 4.70. The van der Waals surface area contributed by atoms with Crippen LogP contribution in [0, 0.1) is 5.41 Å². The van der Waals surface area contributed by atoms with Crippen molar-refractivity contribution in [3.05, 3.63) is 35.9 Å². The van der Waals surface area contributed by atoms with Gasteiger partial charge in [0.05, 0.1) is 5.92 Å². The smallest absolute Gasteiger partial charge is 0.311 e.